The van der Waals surface area contributed by atoms with Gasteiger partial charge in [-0.2, -0.15) is 0 Å². The molecule has 1 aliphatic carbocycles. The Morgan fingerprint density at radius 2 is 1.11 bits per heavy atom. The van der Waals surface area contributed by atoms with Crippen LogP contribution in [0.5, 0.6) is 0 Å². The molecule has 2 amide bonds. The minimum atomic E-state index is -0.476. The Kier molecular flexibility index (Phi) is 6.52. The van der Waals surface area contributed by atoms with E-state index >= 15 is 0 Å². The third-order valence-corrected chi connectivity index (χ3v) is 5.47. The molecule has 1 fully saturated rings. The van der Waals surface area contributed by atoms with Crippen molar-refractivity contribution in [2.45, 2.75) is 25.7 Å². The molecule has 0 bridgehead atoms. The summed E-state index contributed by atoms with van der Waals surface area (Å²) in [6.07, 6.45) is 2.17. The van der Waals surface area contributed by atoms with Crippen LogP contribution in [0, 0.1) is 23.5 Å². The van der Waals surface area contributed by atoms with Gasteiger partial charge in [-0.25, -0.2) is 8.78 Å². The summed E-state index contributed by atoms with van der Waals surface area (Å²) in [4.78, 5) is 24.9. The van der Waals surface area contributed by atoms with Gasteiger partial charge in [0, 0.05) is 11.8 Å². The molecule has 3 rings (SSSR count). The Labute approximate surface area is 171 Å². The van der Waals surface area contributed by atoms with Crippen molar-refractivity contribution < 1.29 is 18.4 Å². The zero-order valence-corrected chi connectivity index (χ0v) is 16.3. The van der Waals surface area contributed by atoms with Crippen LogP contribution in [0.2, 0.25) is 10.0 Å². The van der Waals surface area contributed by atoms with Crippen molar-refractivity contribution in [2.75, 3.05) is 10.6 Å². The summed E-state index contributed by atoms with van der Waals surface area (Å²) in [5.74, 6) is -1.85. The average molecular weight is 427 g/mol. The molecule has 0 atom stereocenters. The minimum absolute atomic E-state index is 0.137. The molecule has 2 aromatic rings. The number of anilines is 2. The maximum absolute atomic E-state index is 13.1. The standard InChI is InChI=1S/C20H18Cl2F2N2O2/c21-15-9-13(23)5-7-17(15)25-19(27)11-1-2-12(4-3-11)20(28)26-18-8-6-14(24)10-16(18)22/h5-12H,1-4H2,(H,25,27)(H,26,28). The van der Waals surface area contributed by atoms with Gasteiger partial charge in [0.25, 0.3) is 0 Å². The second kappa shape index (κ2) is 8.88. The fourth-order valence-electron chi connectivity index (χ4n) is 3.27. The van der Waals surface area contributed by atoms with Crippen LogP contribution in [0.15, 0.2) is 36.4 Å². The Bertz CT molecular complexity index is 826. The van der Waals surface area contributed by atoms with Crippen LogP contribution < -0.4 is 10.6 Å². The van der Waals surface area contributed by atoms with Gasteiger partial charge in [0.15, 0.2) is 0 Å². The number of hydrogen-bond acceptors (Lipinski definition) is 2. The minimum Gasteiger partial charge on any atom is -0.325 e. The molecule has 2 N–H and O–H groups in total. The third kappa shape index (κ3) is 5.00. The molecule has 2 aromatic carbocycles. The van der Waals surface area contributed by atoms with Gasteiger partial charge >= 0.3 is 0 Å². The highest BCUT2D eigenvalue weighted by atomic mass is 35.5. The first-order valence-corrected chi connectivity index (χ1v) is 9.61. The molecule has 0 aromatic heterocycles. The maximum Gasteiger partial charge on any atom is 0.227 e. The van der Waals surface area contributed by atoms with Crippen molar-refractivity contribution >= 4 is 46.4 Å². The summed E-state index contributed by atoms with van der Waals surface area (Å²) in [7, 11) is 0. The second-order valence-electron chi connectivity index (χ2n) is 6.78. The Balaban J connectivity index is 1.53. The summed E-state index contributed by atoms with van der Waals surface area (Å²) in [5.41, 5.74) is 0.720. The van der Waals surface area contributed by atoms with Crippen LogP contribution in [-0.2, 0) is 9.59 Å². The first-order chi connectivity index (χ1) is 13.3. The molecule has 0 radical (unpaired) electrons. The van der Waals surface area contributed by atoms with Gasteiger partial charge in [0.05, 0.1) is 21.4 Å². The van der Waals surface area contributed by atoms with E-state index < -0.39 is 11.6 Å². The van der Waals surface area contributed by atoms with Crippen molar-refractivity contribution in [1.29, 1.82) is 0 Å². The Morgan fingerprint density at radius 1 is 0.750 bits per heavy atom. The molecule has 148 valence electrons. The third-order valence-electron chi connectivity index (χ3n) is 4.85. The van der Waals surface area contributed by atoms with Gasteiger partial charge in [-0.3, -0.25) is 9.59 Å². The fourth-order valence-corrected chi connectivity index (χ4v) is 3.70. The lowest BCUT2D eigenvalue weighted by atomic mass is 9.81. The zero-order valence-electron chi connectivity index (χ0n) is 14.8. The summed E-state index contributed by atoms with van der Waals surface area (Å²) >= 11 is 11.9. The van der Waals surface area contributed by atoms with Gasteiger partial charge < -0.3 is 10.6 Å². The first kappa shape index (κ1) is 20.6. The lowest BCUT2D eigenvalue weighted by Gasteiger charge is -2.27. The van der Waals surface area contributed by atoms with Crippen LogP contribution in [0.1, 0.15) is 25.7 Å². The van der Waals surface area contributed by atoms with Crippen LogP contribution in [0.4, 0.5) is 20.2 Å². The van der Waals surface area contributed by atoms with Crippen molar-refractivity contribution in [1.82, 2.24) is 0 Å². The number of nitrogens with one attached hydrogen (secondary N) is 2. The molecule has 0 spiro atoms. The highest BCUT2D eigenvalue weighted by Gasteiger charge is 2.30. The number of hydrogen-bond donors (Lipinski definition) is 2. The quantitative estimate of drug-likeness (QED) is 0.662. The van der Waals surface area contributed by atoms with E-state index in [9.17, 15) is 18.4 Å². The molecule has 4 nitrogen and oxygen atoms in total. The van der Waals surface area contributed by atoms with E-state index in [0.29, 0.717) is 37.1 Å². The smallest absolute Gasteiger partial charge is 0.227 e. The van der Waals surface area contributed by atoms with Crippen LogP contribution >= 0.6 is 23.2 Å². The average Bonchev–Trinajstić information content (AvgIpc) is 2.66. The van der Waals surface area contributed by atoms with E-state index in [1.165, 1.54) is 24.3 Å². The molecular formula is C20H18Cl2F2N2O2. The first-order valence-electron chi connectivity index (χ1n) is 8.85. The SMILES string of the molecule is O=C(Nc1ccc(F)cc1Cl)C1CCC(C(=O)Nc2ccc(F)cc2Cl)CC1. The summed E-state index contributed by atoms with van der Waals surface area (Å²) in [6.45, 7) is 0. The lowest BCUT2D eigenvalue weighted by molar-refractivity contribution is -0.125. The van der Waals surface area contributed by atoms with Crippen molar-refractivity contribution in [2.24, 2.45) is 11.8 Å². The number of halogens is 4. The molecule has 0 heterocycles. The molecule has 0 unspecified atom stereocenters. The second-order valence-corrected chi connectivity index (χ2v) is 7.59. The van der Waals surface area contributed by atoms with E-state index in [4.69, 9.17) is 23.2 Å². The normalized spacial score (nSPS) is 19.1. The topological polar surface area (TPSA) is 58.2 Å². The van der Waals surface area contributed by atoms with E-state index in [0.717, 1.165) is 12.1 Å². The van der Waals surface area contributed by atoms with E-state index in [1.54, 1.807) is 0 Å². The van der Waals surface area contributed by atoms with E-state index in [1.807, 2.05) is 0 Å². The summed E-state index contributed by atoms with van der Waals surface area (Å²) < 4.78 is 26.2. The number of rotatable bonds is 4. The van der Waals surface area contributed by atoms with Gasteiger partial charge in [-0.05, 0) is 62.1 Å². The van der Waals surface area contributed by atoms with Crippen LogP contribution in [0.3, 0.4) is 0 Å². The Morgan fingerprint density at radius 3 is 1.43 bits per heavy atom. The number of carbonyl (C=O) groups excluding carboxylic acids is 2. The largest absolute Gasteiger partial charge is 0.325 e. The number of amides is 2. The fraction of sp³-hybridized carbons (Fsp3) is 0.300. The lowest BCUT2D eigenvalue weighted by Crippen LogP contribution is -2.32. The Hall–Kier alpha value is -2.18. The molecule has 1 aliphatic rings. The van der Waals surface area contributed by atoms with E-state index in [2.05, 4.69) is 10.6 Å². The summed E-state index contributed by atoms with van der Waals surface area (Å²) in [6, 6.07) is 7.56. The molecule has 1 saturated carbocycles. The molecular weight excluding hydrogens is 409 g/mol. The molecule has 28 heavy (non-hydrogen) atoms. The monoisotopic (exact) mass is 426 g/mol. The predicted molar refractivity (Wildman–Crippen MR) is 106 cm³/mol. The van der Waals surface area contributed by atoms with Crippen molar-refractivity contribution in [3.05, 3.63) is 58.1 Å². The van der Waals surface area contributed by atoms with Gasteiger partial charge in [-0.15, -0.1) is 0 Å². The van der Waals surface area contributed by atoms with E-state index in [-0.39, 0.29) is 33.7 Å². The zero-order chi connectivity index (χ0) is 20.3. The van der Waals surface area contributed by atoms with Crippen LogP contribution in [-0.4, -0.2) is 11.8 Å². The van der Waals surface area contributed by atoms with Gasteiger partial charge in [-0.1, -0.05) is 23.2 Å². The van der Waals surface area contributed by atoms with Gasteiger partial charge in [0.2, 0.25) is 11.8 Å². The van der Waals surface area contributed by atoms with Crippen LogP contribution in [0.25, 0.3) is 0 Å². The maximum atomic E-state index is 13.1. The molecule has 8 heteroatoms. The van der Waals surface area contributed by atoms with Crippen molar-refractivity contribution in [3.63, 3.8) is 0 Å². The molecule has 0 aliphatic heterocycles. The number of carbonyl (C=O) groups is 2. The van der Waals surface area contributed by atoms with Gasteiger partial charge in [0.1, 0.15) is 11.6 Å². The predicted octanol–water partition coefficient (Wildman–Crippen LogP) is 5.66. The summed E-state index contributed by atoms with van der Waals surface area (Å²) in [5, 5.41) is 5.70. The molecule has 0 saturated heterocycles. The number of benzene rings is 2. The highest BCUT2D eigenvalue weighted by Crippen LogP contribution is 2.32. The van der Waals surface area contributed by atoms with Crippen molar-refractivity contribution in [3.8, 4) is 0 Å². The highest BCUT2D eigenvalue weighted by molar-refractivity contribution is 6.34.